The zero-order valence-electron chi connectivity index (χ0n) is 10.8. The first-order chi connectivity index (χ1) is 8.90. The predicted molar refractivity (Wildman–Crippen MR) is 67.8 cm³/mol. The number of alkyl halides is 3. The minimum atomic E-state index is -4.38. The second-order valence-electron chi connectivity index (χ2n) is 4.35. The molecular formula is C13H19F3N2O. The monoisotopic (exact) mass is 276 g/mol. The van der Waals surface area contributed by atoms with Crippen molar-refractivity contribution in [1.29, 1.82) is 0 Å². The average Bonchev–Trinajstić information content (AvgIpc) is 2.37. The molecule has 0 aliphatic rings. The maximum atomic E-state index is 12.6. The molecule has 3 nitrogen and oxygen atoms in total. The highest BCUT2D eigenvalue weighted by Gasteiger charge is 2.31. The Morgan fingerprint density at radius 1 is 1.26 bits per heavy atom. The molecule has 0 saturated heterocycles. The van der Waals surface area contributed by atoms with E-state index in [0.717, 1.165) is 25.0 Å². The van der Waals surface area contributed by atoms with E-state index in [4.69, 9.17) is 16.2 Å². The lowest BCUT2D eigenvalue weighted by Gasteiger charge is -2.17. The van der Waals surface area contributed by atoms with Crippen molar-refractivity contribution in [2.75, 3.05) is 13.7 Å². The summed E-state index contributed by atoms with van der Waals surface area (Å²) in [6.07, 6.45) is -2.03. The lowest BCUT2D eigenvalue weighted by molar-refractivity contribution is -0.137. The van der Waals surface area contributed by atoms with Gasteiger partial charge in [0.2, 0.25) is 0 Å². The number of hydrogen-bond donors (Lipinski definition) is 2. The van der Waals surface area contributed by atoms with E-state index >= 15 is 0 Å². The highest BCUT2D eigenvalue weighted by atomic mass is 19.4. The fraction of sp³-hybridized carbons (Fsp3) is 0.538. The Morgan fingerprint density at radius 3 is 2.47 bits per heavy atom. The van der Waals surface area contributed by atoms with E-state index in [9.17, 15) is 13.2 Å². The van der Waals surface area contributed by atoms with Crippen molar-refractivity contribution >= 4 is 0 Å². The van der Waals surface area contributed by atoms with E-state index in [0.29, 0.717) is 18.5 Å². The average molecular weight is 276 g/mol. The van der Waals surface area contributed by atoms with Crippen molar-refractivity contribution in [3.05, 3.63) is 29.3 Å². The van der Waals surface area contributed by atoms with Crippen LogP contribution in [0.4, 0.5) is 13.2 Å². The Bertz CT molecular complexity index is 407. The van der Waals surface area contributed by atoms with Gasteiger partial charge in [-0.2, -0.15) is 13.2 Å². The molecular weight excluding hydrogens is 257 g/mol. The van der Waals surface area contributed by atoms with E-state index in [1.165, 1.54) is 13.2 Å². The molecule has 108 valence electrons. The molecule has 6 heteroatoms. The molecule has 4 N–H and O–H groups in total. The SMILES string of the molecule is COc1cc(C(F)(F)F)ccc1[C@H](N)CCCCN. The molecule has 0 radical (unpaired) electrons. The highest BCUT2D eigenvalue weighted by Crippen LogP contribution is 2.35. The molecule has 1 atom stereocenters. The summed E-state index contributed by atoms with van der Waals surface area (Å²) < 4.78 is 42.8. The highest BCUT2D eigenvalue weighted by molar-refractivity contribution is 5.40. The molecule has 0 bridgehead atoms. The van der Waals surface area contributed by atoms with Crippen LogP contribution in [0, 0.1) is 0 Å². The van der Waals surface area contributed by atoms with Crippen LogP contribution in [0.5, 0.6) is 5.75 Å². The van der Waals surface area contributed by atoms with Gasteiger partial charge in [0, 0.05) is 11.6 Å². The fourth-order valence-corrected chi connectivity index (χ4v) is 1.86. The second kappa shape index (κ2) is 6.77. The maximum Gasteiger partial charge on any atom is 0.416 e. The summed E-state index contributed by atoms with van der Waals surface area (Å²) in [5, 5.41) is 0. The zero-order chi connectivity index (χ0) is 14.5. The topological polar surface area (TPSA) is 61.3 Å². The number of ether oxygens (including phenoxy) is 1. The smallest absolute Gasteiger partial charge is 0.416 e. The van der Waals surface area contributed by atoms with Crippen molar-refractivity contribution in [3.63, 3.8) is 0 Å². The molecule has 0 heterocycles. The summed E-state index contributed by atoms with van der Waals surface area (Å²) in [5.74, 6) is 0.176. The number of nitrogens with two attached hydrogens (primary N) is 2. The Balaban J connectivity index is 2.89. The first-order valence-electron chi connectivity index (χ1n) is 6.11. The van der Waals surface area contributed by atoms with Crippen molar-refractivity contribution in [2.24, 2.45) is 11.5 Å². The van der Waals surface area contributed by atoms with Crippen LogP contribution in [-0.4, -0.2) is 13.7 Å². The predicted octanol–water partition coefficient (Wildman–Crippen LogP) is 2.84. The first kappa shape index (κ1) is 15.8. The van der Waals surface area contributed by atoms with E-state index in [1.54, 1.807) is 0 Å². The van der Waals surface area contributed by atoms with E-state index < -0.39 is 11.7 Å². The normalized spacial score (nSPS) is 13.4. The third kappa shape index (κ3) is 4.40. The first-order valence-corrected chi connectivity index (χ1v) is 6.11. The molecule has 1 aromatic carbocycles. The quantitative estimate of drug-likeness (QED) is 0.785. The van der Waals surface area contributed by atoms with Crippen LogP contribution in [0.2, 0.25) is 0 Å². The Morgan fingerprint density at radius 2 is 1.95 bits per heavy atom. The summed E-state index contributed by atoms with van der Waals surface area (Å²) in [6, 6.07) is 3.05. The van der Waals surface area contributed by atoms with Crippen LogP contribution < -0.4 is 16.2 Å². The number of rotatable bonds is 6. The molecule has 0 fully saturated rings. The molecule has 0 amide bonds. The van der Waals surface area contributed by atoms with Gasteiger partial charge in [-0.05, 0) is 31.5 Å². The molecule has 19 heavy (non-hydrogen) atoms. The van der Waals surface area contributed by atoms with Crippen molar-refractivity contribution < 1.29 is 17.9 Å². The zero-order valence-corrected chi connectivity index (χ0v) is 10.8. The summed E-state index contributed by atoms with van der Waals surface area (Å²) >= 11 is 0. The maximum absolute atomic E-state index is 12.6. The van der Waals surface area contributed by atoms with E-state index in [1.807, 2.05) is 0 Å². The summed E-state index contributed by atoms with van der Waals surface area (Å²) in [5.41, 5.74) is 11.2. The number of benzene rings is 1. The summed E-state index contributed by atoms with van der Waals surface area (Å²) in [6.45, 7) is 0.580. The largest absolute Gasteiger partial charge is 0.496 e. The third-order valence-electron chi connectivity index (χ3n) is 2.93. The van der Waals surface area contributed by atoms with Gasteiger partial charge in [-0.15, -0.1) is 0 Å². The number of methoxy groups -OCH3 is 1. The van der Waals surface area contributed by atoms with Crippen molar-refractivity contribution in [2.45, 2.75) is 31.5 Å². The molecule has 0 aliphatic carbocycles. The second-order valence-corrected chi connectivity index (χ2v) is 4.35. The molecule has 0 aromatic heterocycles. The molecule has 1 aromatic rings. The Hall–Kier alpha value is -1.27. The van der Waals surface area contributed by atoms with Gasteiger partial charge >= 0.3 is 6.18 Å². The Labute approximate surface area is 110 Å². The Kier molecular flexibility index (Phi) is 5.62. The van der Waals surface area contributed by atoms with E-state index in [-0.39, 0.29) is 11.8 Å². The van der Waals surface area contributed by atoms with Crippen LogP contribution in [0.1, 0.15) is 36.4 Å². The number of hydrogen-bond acceptors (Lipinski definition) is 3. The molecule has 0 unspecified atom stereocenters. The van der Waals surface area contributed by atoms with Gasteiger partial charge in [-0.25, -0.2) is 0 Å². The van der Waals surface area contributed by atoms with Gasteiger partial charge < -0.3 is 16.2 Å². The van der Waals surface area contributed by atoms with Gasteiger partial charge in [0.05, 0.1) is 12.7 Å². The third-order valence-corrected chi connectivity index (χ3v) is 2.93. The summed E-state index contributed by atoms with van der Waals surface area (Å²) in [4.78, 5) is 0. The molecule has 0 spiro atoms. The van der Waals surface area contributed by atoms with Gasteiger partial charge in [0.15, 0.2) is 0 Å². The van der Waals surface area contributed by atoms with Crippen LogP contribution in [0.15, 0.2) is 18.2 Å². The van der Waals surface area contributed by atoms with Crippen molar-refractivity contribution in [3.8, 4) is 5.75 Å². The standard InChI is InChI=1S/C13H19F3N2O/c1-19-12-8-9(13(14,15)16)5-6-10(12)11(18)4-2-3-7-17/h5-6,8,11H,2-4,7,17-18H2,1H3/t11-/m1/s1. The number of halogens is 3. The van der Waals surface area contributed by atoms with Crippen molar-refractivity contribution in [1.82, 2.24) is 0 Å². The minimum absolute atomic E-state index is 0.176. The number of unbranched alkanes of at least 4 members (excludes halogenated alkanes) is 1. The fourth-order valence-electron chi connectivity index (χ4n) is 1.86. The van der Waals surface area contributed by atoms with Crippen LogP contribution in [0.25, 0.3) is 0 Å². The van der Waals surface area contributed by atoms with Gasteiger partial charge in [0.1, 0.15) is 5.75 Å². The van der Waals surface area contributed by atoms with Crippen LogP contribution in [-0.2, 0) is 6.18 Å². The lowest BCUT2D eigenvalue weighted by Crippen LogP contribution is -2.13. The molecule has 0 aliphatic heterocycles. The molecule has 1 rings (SSSR count). The minimum Gasteiger partial charge on any atom is -0.496 e. The lowest BCUT2D eigenvalue weighted by atomic mass is 9.99. The van der Waals surface area contributed by atoms with Crippen LogP contribution in [0.3, 0.4) is 0 Å². The van der Waals surface area contributed by atoms with Gasteiger partial charge in [-0.1, -0.05) is 12.5 Å². The van der Waals surface area contributed by atoms with E-state index in [2.05, 4.69) is 0 Å². The van der Waals surface area contributed by atoms with Gasteiger partial charge in [-0.3, -0.25) is 0 Å². The summed E-state index contributed by atoms with van der Waals surface area (Å²) in [7, 11) is 1.34. The van der Waals surface area contributed by atoms with Gasteiger partial charge in [0.25, 0.3) is 0 Å². The van der Waals surface area contributed by atoms with Crippen LogP contribution >= 0.6 is 0 Å². The molecule has 0 saturated carbocycles.